The number of hydrogen-bond acceptors (Lipinski definition) is 6. The van der Waals surface area contributed by atoms with Gasteiger partial charge >= 0.3 is 18.1 Å². The number of carbonyl (C=O) groups is 2. The van der Waals surface area contributed by atoms with E-state index in [0.29, 0.717) is 32.5 Å². The summed E-state index contributed by atoms with van der Waals surface area (Å²) in [6.07, 6.45) is -3.87. The third kappa shape index (κ3) is 2.68. The van der Waals surface area contributed by atoms with Crippen LogP contribution < -0.4 is 5.32 Å². The zero-order chi connectivity index (χ0) is 17.5. The Kier molecular flexibility index (Phi) is 4.37. The van der Waals surface area contributed by atoms with Gasteiger partial charge in [-0.05, 0) is 19.8 Å². The average molecular weight is 341 g/mol. The fourth-order valence-corrected chi connectivity index (χ4v) is 3.46. The predicted molar refractivity (Wildman–Crippen MR) is 68.5 cm³/mol. The number of aliphatic hydroxyl groups is 1. The molecule has 3 N–H and O–H groups in total. The van der Waals surface area contributed by atoms with Crippen molar-refractivity contribution in [3.05, 3.63) is 0 Å². The summed E-state index contributed by atoms with van der Waals surface area (Å²) in [6.45, 7) is 3.58. The third-order valence-corrected chi connectivity index (χ3v) is 4.55. The number of ether oxygens (including phenoxy) is 2. The van der Waals surface area contributed by atoms with Gasteiger partial charge in [0.1, 0.15) is 11.0 Å². The average Bonchev–Trinajstić information content (AvgIpc) is 2.85. The molecule has 132 valence electrons. The molecule has 0 aromatic rings. The zero-order valence-electron chi connectivity index (χ0n) is 12.4. The van der Waals surface area contributed by atoms with Crippen LogP contribution in [0.5, 0.6) is 0 Å². The van der Waals surface area contributed by atoms with Crippen LogP contribution in [-0.2, 0) is 19.1 Å². The molecule has 0 aromatic heterocycles. The van der Waals surface area contributed by atoms with Crippen LogP contribution in [0.25, 0.3) is 0 Å². The zero-order valence-corrected chi connectivity index (χ0v) is 12.4. The quantitative estimate of drug-likeness (QED) is 0.624. The Morgan fingerprint density at radius 1 is 1.30 bits per heavy atom. The molecule has 3 aliphatic heterocycles. The molecule has 3 saturated heterocycles. The summed E-state index contributed by atoms with van der Waals surface area (Å²) in [5.41, 5.74) is -1.40. The van der Waals surface area contributed by atoms with Crippen LogP contribution in [0.15, 0.2) is 0 Å². The van der Waals surface area contributed by atoms with Crippen molar-refractivity contribution < 1.29 is 42.4 Å². The molecule has 1 spiro atoms. The molecule has 1 aliphatic carbocycles. The Hall–Kier alpha value is -1.39. The van der Waals surface area contributed by atoms with E-state index >= 15 is 0 Å². The van der Waals surface area contributed by atoms with Gasteiger partial charge in [-0.3, -0.25) is 4.79 Å². The minimum absolute atomic E-state index is 0.00406. The molecule has 3 heterocycles. The Bertz CT molecular complexity index is 496. The fourth-order valence-electron chi connectivity index (χ4n) is 3.46. The molecule has 0 aromatic carbocycles. The lowest BCUT2D eigenvalue weighted by Crippen LogP contribution is -2.68. The van der Waals surface area contributed by atoms with E-state index in [0.717, 1.165) is 0 Å². The van der Waals surface area contributed by atoms with Crippen molar-refractivity contribution in [2.45, 2.75) is 37.1 Å². The molecule has 0 atom stereocenters. The number of carboxylic acids is 1. The van der Waals surface area contributed by atoms with E-state index in [1.807, 2.05) is 6.92 Å². The monoisotopic (exact) mass is 341 g/mol. The van der Waals surface area contributed by atoms with Gasteiger partial charge in [0.25, 0.3) is 0 Å². The second-order valence-corrected chi connectivity index (χ2v) is 6.00. The van der Waals surface area contributed by atoms with Crippen LogP contribution in [0.2, 0.25) is 0 Å². The van der Waals surface area contributed by atoms with Gasteiger partial charge in [0.05, 0.1) is 18.8 Å². The lowest BCUT2D eigenvalue weighted by atomic mass is 9.54. The minimum Gasteiger partial charge on any atom is -0.475 e. The number of alkyl halides is 3. The number of nitrogens with one attached hydrogen (secondary N) is 1. The van der Waals surface area contributed by atoms with Crippen LogP contribution in [0.3, 0.4) is 0 Å². The maximum Gasteiger partial charge on any atom is 0.490 e. The van der Waals surface area contributed by atoms with Crippen LogP contribution in [-0.4, -0.2) is 65.8 Å². The Morgan fingerprint density at radius 2 is 1.83 bits per heavy atom. The largest absolute Gasteiger partial charge is 0.490 e. The number of aliphatic hydroxyl groups excluding tert-OH is 1. The number of rotatable bonds is 3. The molecule has 4 fully saturated rings. The highest BCUT2D eigenvalue weighted by molar-refractivity contribution is 5.82. The molecular weight excluding hydrogens is 323 g/mol. The van der Waals surface area contributed by atoms with Gasteiger partial charge in [-0.15, -0.1) is 0 Å². The summed E-state index contributed by atoms with van der Waals surface area (Å²) in [5, 5.41) is 19.6. The standard InChI is InChI=1S/C11H17NO4.C2HF3O2/c1-2-15-8(14)10-3-9(4-10,7-13)16-11(10)5-12-6-11;3-2(4,5)1(6)7/h12-13H,2-7H2,1H3;(H,6,7). The minimum atomic E-state index is -5.08. The van der Waals surface area contributed by atoms with Crippen molar-refractivity contribution in [1.29, 1.82) is 0 Å². The lowest BCUT2D eigenvalue weighted by Gasteiger charge is -2.49. The second-order valence-electron chi connectivity index (χ2n) is 6.00. The van der Waals surface area contributed by atoms with E-state index in [2.05, 4.69) is 5.32 Å². The first-order valence-electron chi connectivity index (χ1n) is 7.06. The number of halogens is 3. The predicted octanol–water partition coefficient (Wildman–Crippen LogP) is 0.0663. The van der Waals surface area contributed by atoms with E-state index in [1.54, 1.807) is 0 Å². The van der Waals surface area contributed by atoms with Gasteiger partial charge in [0, 0.05) is 13.1 Å². The smallest absolute Gasteiger partial charge is 0.475 e. The summed E-state index contributed by atoms with van der Waals surface area (Å²) >= 11 is 0. The first kappa shape index (κ1) is 18.0. The molecule has 10 heteroatoms. The SMILES string of the molecule is CCOC(=O)C12CC(CO)(C1)OC21CNC1.O=C(O)C(F)(F)F. The van der Waals surface area contributed by atoms with Crippen molar-refractivity contribution in [3.8, 4) is 0 Å². The molecule has 2 bridgehead atoms. The first-order valence-corrected chi connectivity index (χ1v) is 7.06. The summed E-state index contributed by atoms with van der Waals surface area (Å²) in [7, 11) is 0. The number of hydrogen-bond donors (Lipinski definition) is 3. The lowest BCUT2D eigenvalue weighted by molar-refractivity contribution is -0.192. The third-order valence-electron chi connectivity index (χ3n) is 4.55. The molecule has 4 aliphatic rings. The second kappa shape index (κ2) is 5.60. The highest BCUT2D eigenvalue weighted by atomic mass is 19.4. The van der Waals surface area contributed by atoms with Crippen molar-refractivity contribution in [1.82, 2.24) is 5.32 Å². The van der Waals surface area contributed by atoms with Gasteiger partial charge < -0.3 is 25.0 Å². The van der Waals surface area contributed by atoms with E-state index < -0.39 is 28.8 Å². The van der Waals surface area contributed by atoms with Crippen molar-refractivity contribution in [3.63, 3.8) is 0 Å². The highest BCUT2D eigenvalue weighted by Gasteiger charge is 2.80. The van der Waals surface area contributed by atoms with Gasteiger partial charge in [0.2, 0.25) is 0 Å². The topological polar surface area (TPSA) is 105 Å². The molecule has 0 radical (unpaired) electrons. The number of carbonyl (C=O) groups excluding carboxylic acids is 1. The maximum atomic E-state index is 12.1. The normalized spacial score (nSPS) is 33.1. The van der Waals surface area contributed by atoms with Crippen LogP contribution in [0.4, 0.5) is 13.2 Å². The molecule has 23 heavy (non-hydrogen) atoms. The van der Waals surface area contributed by atoms with E-state index in [4.69, 9.17) is 19.4 Å². The molecule has 1 saturated carbocycles. The molecule has 0 amide bonds. The number of aliphatic carboxylic acids is 1. The molecule has 0 unspecified atom stereocenters. The summed E-state index contributed by atoms with van der Waals surface area (Å²) in [5.74, 6) is -2.91. The van der Waals surface area contributed by atoms with E-state index in [9.17, 15) is 23.1 Å². The summed E-state index contributed by atoms with van der Waals surface area (Å²) in [4.78, 5) is 21.0. The van der Waals surface area contributed by atoms with Crippen LogP contribution in [0, 0.1) is 5.41 Å². The van der Waals surface area contributed by atoms with E-state index in [1.165, 1.54) is 0 Å². The molecule has 4 rings (SSSR count). The molecular formula is C13H18F3NO6. The van der Waals surface area contributed by atoms with Gasteiger partial charge in [-0.25, -0.2) is 4.79 Å². The van der Waals surface area contributed by atoms with Crippen molar-refractivity contribution in [2.24, 2.45) is 5.41 Å². The van der Waals surface area contributed by atoms with Crippen molar-refractivity contribution in [2.75, 3.05) is 26.3 Å². The Labute approximate surface area is 129 Å². The van der Waals surface area contributed by atoms with Crippen LogP contribution in [0.1, 0.15) is 19.8 Å². The fraction of sp³-hybridized carbons (Fsp3) is 0.846. The molecule has 7 nitrogen and oxygen atoms in total. The number of carboxylic acid groups (broad SMARTS) is 1. The van der Waals surface area contributed by atoms with E-state index in [-0.39, 0.29) is 12.6 Å². The Balaban J connectivity index is 0.000000236. The Morgan fingerprint density at radius 3 is 2.13 bits per heavy atom. The highest BCUT2D eigenvalue weighted by Crippen LogP contribution is 2.68. The van der Waals surface area contributed by atoms with Crippen LogP contribution >= 0.6 is 0 Å². The van der Waals surface area contributed by atoms with Crippen molar-refractivity contribution >= 4 is 11.9 Å². The number of esters is 1. The van der Waals surface area contributed by atoms with Gasteiger partial charge in [0.15, 0.2) is 0 Å². The summed E-state index contributed by atoms with van der Waals surface area (Å²) < 4.78 is 42.8. The first-order chi connectivity index (χ1) is 10.6. The summed E-state index contributed by atoms with van der Waals surface area (Å²) in [6, 6.07) is 0. The van der Waals surface area contributed by atoms with Gasteiger partial charge in [-0.2, -0.15) is 13.2 Å². The van der Waals surface area contributed by atoms with Gasteiger partial charge in [-0.1, -0.05) is 0 Å². The maximum absolute atomic E-state index is 12.1.